The molecule has 0 atom stereocenters. The van der Waals surface area contributed by atoms with Gasteiger partial charge in [-0.1, -0.05) is 28.1 Å². The number of alkyl halides is 1. The molecule has 0 aliphatic carbocycles. The van der Waals surface area contributed by atoms with Crippen LogP contribution in [-0.4, -0.2) is 42.7 Å². The van der Waals surface area contributed by atoms with Crippen molar-refractivity contribution in [3.63, 3.8) is 0 Å². The molecule has 0 bridgehead atoms. The van der Waals surface area contributed by atoms with Gasteiger partial charge in [0.2, 0.25) is 5.91 Å². The first kappa shape index (κ1) is 21.0. The minimum Gasteiger partial charge on any atom is -0.495 e. The largest absolute Gasteiger partial charge is 0.495 e. The Morgan fingerprint density at radius 3 is 2.74 bits per heavy atom. The number of aryl methyl sites for hydroxylation is 2. The quantitative estimate of drug-likeness (QED) is 0.318. The number of methoxy groups -OCH3 is 1. The highest BCUT2D eigenvalue weighted by atomic mass is 79.9. The molecule has 1 amide bonds. The summed E-state index contributed by atoms with van der Waals surface area (Å²) < 4.78 is 9.58. The van der Waals surface area contributed by atoms with E-state index in [1.54, 1.807) is 25.4 Å². The molecule has 8 nitrogen and oxygen atoms in total. The summed E-state index contributed by atoms with van der Waals surface area (Å²) in [5.74, 6) is 0.644. The van der Waals surface area contributed by atoms with E-state index in [9.17, 15) is 4.79 Å². The molecule has 160 valence electrons. The summed E-state index contributed by atoms with van der Waals surface area (Å²) in [6.07, 6.45) is 5.87. The number of primary amides is 1. The summed E-state index contributed by atoms with van der Waals surface area (Å²) in [6, 6.07) is 5.42. The van der Waals surface area contributed by atoms with E-state index >= 15 is 0 Å². The average molecular weight is 483 g/mol. The summed E-state index contributed by atoms with van der Waals surface area (Å²) in [6.45, 7) is 5.29. The predicted octanol–water partition coefficient (Wildman–Crippen LogP) is 3.83. The fourth-order valence-corrected chi connectivity index (χ4v) is 4.04. The molecule has 0 unspecified atom stereocenters. The lowest BCUT2D eigenvalue weighted by Crippen LogP contribution is -2.11. The topological polar surface area (TPSA) is 101 Å². The molecular formula is C22H23BrN6O2. The van der Waals surface area contributed by atoms with E-state index in [1.165, 1.54) is 0 Å². The number of hydrogen-bond acceptors (Lipinski definition) is 5. The maximum absolute atomic E-state index is 11.9. The number of carbonyl (C=O) groups is 1. The van der Waals surface area contributed by atoms with E-state index in [-0.39, 0.29) is 0 Å². The average Bonchev–Trinajstić information content (AvgIpc) is 3.30. The Morgan fingerprint density at radius 2 is 2.06 bits per heavy atom. The van der Waals surface area contributed by atoms with Crippen molar-refractivity contribution in [1.29, 1.82) is 0 Å². The minimum atomic E-state index is -0.514. The Labute approximate surface area is 187 Å². The normalized spacial score (nSPS) is 11.7. The van der Waals surface area contributed by atoms with Gasteiger partial charge in [0.1, 0.15) is 17.1 Å². The number of fused-ring (bicyclic) bond motifs is 3. The Morgan fingerprint density at radius 1 is 1.26 bits per heavy atom. The van der Waals surface area contributed by atoms with Gasteiger partial charge in [-0.25, -0.2) is 9.97 Å². The number of nitrogens with two attached hydrogens (primary N) is 1. The van der Waals surface area contributed by atoms with Crippen LogP contribution in [-0.2, 0) is 13.1 Å². The van der Waals surface area contributed by atoms with E-state index < -0.39 is 5.91 Å². The molecule has 0 aliphatic heterocycles. The van der Waals surface area contributed by atoms with Crippen LogP contribution in [0.25, 0.3) is 33.5 Å². The smallest absolute Gasteiger partial charge is 0.248 e. The summed E-state index contributed by atoms with van der Waals surface area (Å²) in [7, 11) is 1.58. The van der Waals surface area contributed by atoms with E-state index in [0.29, 0.717) is 23.7 Å². The number of aromatic nitrogens is 5. The van der Waals surface area contributed by atoms with Gasteiger partial charge < -0.3 is 15.0 Å². The number of hydrogen-bond donors (Lipinski definition) is 1. The maximum Gasteiger partial charge on any atom is 0.248 e. The van der Waals surface area contributed by atoms with Crippen molar-refractivity contribution >= 4 is 43.8 Å². The molecule has 4 aromatic rings. The molecule has 0 fully saturated rings. The molecular weight excluding hydrogens is 460 g/mol. The molecule has 1 aromatic carbocycles. The van der Waals surface area contributed by atoms with Crippen LogP contribution in [0.2, 0.25) is 0 Å². The first-order valence-corrected chi connectivity index (χ1v) is 11.0. The second-order valence-corrected chi connectivity index (χ2v) is 7.74. The molecule has 0 spiro atoms. The number of nitrogens with zero attached hydrogens (tertiary/aromatic N) is 5. The van der Waals surface area contributed by atoms with Crippen LogP contribution in [0, 0.1) is 6.92 Å². The zero-order valence-electron chi connectivity index (χ0n) is 17.6. The van der Waals surface area contributed by atoms with Crippen molar-refractivity contribution in [2.24, 2.45) is 5.73 Å². The number of amides is 1. The fourth-order valence-electron chi connectivity index (χ4n) is 3.77. The zero-order chi connectivity index (χ0) is 22.1. The lowest BCUT2D eigenvalue weighted by molar-refractivity contribution is 0.1000. The minimum absolute atomic E-state index is 0.378. The van der Waals surface area contributed by atoms with Gasteiger partial charge in [0, 0.05) is 41.0 Å². The molecule has 0 aliphatic rings. The molecule has 9 heteroatoms. The number of ether oxygens (including phenoxy) is 1. The van der Waals surface area contributed by atoms with E-state index in [4.69, 9.17) is 15.5 Å². The standard InChI is InChI=1S/C22H23BrN6O2/c1-4-29-17(9-13(2)27-29)21-25-12-16-15-10-14(20(24)30)11-18(31-3)19(15)28(22(16)26-21)8-6-5-7-23/h5-6,9-12H,4,7-8H2,1-3H3,(H2,24,30). The van der Waals surface area contributed by atoms with E-state index in [1.807, 2.05) is 30.7 Å². The van der Waals surface area contributed by atoms with Gasteiger partial charge in [-0.05, 0) is 32.0 Å². The van der Waals surface area contributed by atoms with Gasteiger partial charge in [0.15, 0.2) is 5.82 Å². The SMILES string of the molecule is CCn1nc(C)cc1-c1ncc2c3cc(C(N)=O)cc(OC)c3n(CC=CCBr)c2n1. The third-order valence-electron chi connectivity index (χ3n) is 5.14. The Hall–Kier alpha value is -3.20. The molecule has 4 rings (SSSR count). The molecule has 3 aromatic heterocycles. The number of rotatable bonds is 7. The number of carbonyl (C=O) groups excluding carboxylic acids is 1. The highest BCUT2D eigenvalue weighted by molar-refractivity contribution is 9.09. The number of benzene rings is 1. The first-order chi connectivity index (χ1) is 15.0. The van der Waals surface area contributed by atoms with Crippen LogP contribution >= 0.6 is 15.9 Å². The second kappa shape index (κ2) is 8.50. The molecule has 3 heterocycles. The van der Waals surface area contributed by atoms with Gasteiger partial charge in [-0.2, -0.15) is 5.10 Å². The monoisotopic (exact) mass is 482 g/mol. The van der Waals surface area contributed by atoms with Crippen molar-refractivity contribution in [1.82, 2.24) is 24.3 Å². The van der Waals surface area contributed by atoms with Gasteiger partial charge >= 0.3 is 0 Å². The van der Waals surface area contributed by atoms with Gasteiger partial charge in [0.25, 0.3) is 0 Å². The first-order valence-electron chi connectivity index (χ1n) is 9.91. The number of halogens is 1. The molecule has 0 radical (unpaired) electrons. The van der Waals surface area contributed by atoms with E-state index in [2.05, 4.69) is 36.7 Å². The van der Waals surface area contributed by atoms with Crippen LogP contribution in [0.15, 0.2) is 36.5 Å². The highest BCUT2D eigenvalue weighted by Gasteiger charge is 2.20. The van der Waals surface area contributed by atoms with Crippen molar-refractivity contribution in [3.8, 4) is 17.3 Å². The lowest BCUT2D eigenvalue weighted by Gasteiger charge is -2.09. The van der Waals surface area contributed by atoms with Crippen molar-refractivity contribution in [2.45, 2.75) is 26.9 Å². The maximum atomic E-state index is 11.9. The van der Waals surface area contributed by atoms with Crippen LogP contribution < -0.4 is 10.5 Å². The molecule has 31 heavy (non-hydrogen) atoms. The Bertz CT molecular complexity index is 1320. The summed E-state index contributed by atoms with van der Waals surface area (Å²) >= 11 is 3.42. The second-order valence-electron chi connectivity index (χ2n) is 7.09. The Balaban J connectivity index is 2.05. The lowest BCUT2D eigenvalue weighted by atomic mass is 10.1. The van der Waals surface area contributed by atoms with Crippen molar-refractivity contribution in [3.05, 3.63) is 47.8 Å². The van der Waals surface area contributed by atoms with Crippen LogP contribution in [0.5, 0.6) is 5.75 Å². The van der Waals surface area contributed by atoms with Gasteiger partial charge in [0.05, 0.1) is 18.3 Å². The third-order valence-corrected chi connectivity index (χ3v) is 5.51. The number of allylic oxidation sites excluding steroid dienone is 2. The predicted molar refractivity (Wildman–Crippen MR) is 125 cm³/mol. The Kier molecular flexibility index (Phi) is 5.77. The van der Waals surface area contributed by atoms with Crippen LogP contribution in [0.3, 0.4) is 0 Å². The van der Waals surface area contributed by atoms with Gasteiger partial charge in [-0.15, -0.1) is 0 Å². The highest BCUT2D eigenvalue weighted by Crippen LogP contribution is 2.36. The van der Waals surface area contributed by atoms with Crippen LogP contribution in [0.1, 0.15) is 23.0 Å². The fraction of sp³-hybridized carbons (Fsp3) is 0.273. The van der Waals surface area contributed by atoms with Crippen molar-refractivity contribution < 1.29 is 9.53 Å². The summed E-state index contributed by atoms with van der Waals surface area (Å²) in [5, 5.41) is 6.91. The van der Waals surface area contributed by atoms with Crippen LogP contribution in [0.4, 0.5) is 0 Å². The summed E-state index contributed by atoms with van der Waals surface area (Å²) in [4.78, 5) is 21.4. The van der Waals surface area contributed by atoms with Gasteiger partial charge in [-0.3, -0.25) is 9.48 Å². The molecule has 0 saturated heterocycles. The molecule has 0 saturated carbocycles. The zero-order valence-corrected chi connectivity index (χ0v) is 19.2. The van der Waals surface area contributed by atoms with E-state index in [0.717, 1.165) is 45.2 Å². The van der Waals surface area contributed by atoms with Crippen molar-refractivity contribution in [2.75, 3.05) is 12.4 Å². The summed E-state index contributed by atoms with van der Waals surface area (Å²) in [5.41, 5.74) is 9.29. The molecule has 2 N–H and O–H groups in total. The third kappa shape index (κ3) is 3.69.